The van der Waals surface area contributed by atoms with Gasteiger partial charge in [-0.1, -0.05) is 6.92 Å². The Kier molecular flexibility index (Phi) is 2.84. The van der Waals surface area contributed by atoms with E-state index in [1.165, 1.54) is 6.92 Å². The van der Waals surface area contributed by atoms with Gasteiger partial charge in [0.15, 0.2) is 11.9 Å². The van der Waals surface area contributed by atoms with Crippen LogP contribution < -0.4 is 0 Å². The van der Waals surface area contributed by atoms with Crippen LogP contribution in [0.15, 0.2) is 0 Å². The van der Waals surface area contributed by atoms with Gasteiger partial charge in [-0.25, -0.2) is 0 Å². The van der Waals surface area contributed by atoms with Crippen molar-refractivity contribution >= 4 is 11.8 Å². The molecule has 2 atom stereocenters. The predicted octanol–water partition coefficient (Wildman–Crippen LogP) is 1.31. The number of hydrogen-bond acceptors (Lipinski definition) is 3. The number of hydrogen-bond donors (Lipinski definition) is 0. The van der Waals surface area contributed by atoms with E-state index in [4.69, 9.17) is 4.74 Å². The zero-order valence-electron chi connectivity index (χ0n) is 7.50. The van der Waals surface area contributed by atoms with Gasteiger partial charge in [0.2, 0.25) is 0 Å². The summed E-state index contributed by atoms with van der Waals surface area (Å²) in [6.07, 6.45) is 2.13. The van der Waals surface area contributed by atoms with Crippen LogP contribution in [0.2, 0.25) is 0 Å². The molecule has 0 spiro atoms. The van der Waals surface area contributed by atoms with E-state index < -0.39 is 6.10 Å². The quantitative estimate of drug-likeness (QED) is 0.557. The fraction of sp³-hybridized carbons (Fsp3) is 0.778. The van der Waals surface area contributed by atoms with Crippen molar-refractivity contribution in [2.45, 2.75) is 39.2 Å². The van der Waals surface area contributed by atoms with Crippen molar-refractivity contribution in [1.29, 1.82) is 0 Å². The Labute approximate surface area is 72.1 Å². The van der Waals surface area contributed by atoms with E-state index in [2.05, 4.69) is 0 Å². The van der Waals surface area contributed by atoms with Crippen molar-refractivity contribution in [3.8, 4) is 0 Å². The number of rotatable bonds is 1. The fourth-order valence-electron chi connectivity index (χ4n) is 1.53. The lowest BCUT2D eigenvalue weighted by molar-refractivity contribution is -0.156. The smallest absolute Gasteiger partial charge is 0.303 e. The molecule has 0 aromatic rings. The standard InChI is InChI=1S/C9H14O3/c1-6-4-3-5-8(9(6)11)12-7(2)10/h6,8H,3-5H2,1-2H3/t6-,8-/m0/s1. The monoisotopic (exact) mass is 170 g/mol. The zero-order valence-corrected chi connectivity index (χ0v) is 7.50. The van der Waals surface area contributed by atoms with Gasteiger partial charge in [0.1, 0.15) is 0 Å². The number of carbonyl (C=O) groups excluding carboxylic acids is 2. The summed E-state index contributed by atoms with van der Waals surface area (Å²) in [5.74, 6) is -0.220. The van der Waals surface area contributed by atoms with Crippen molar-refractivity contribution in [2.75, 3.05) is 0 Å². The summed E-state index contributed by atoms with van der Waals surface area (Å²) in [7, 11) is 0. The first kappa shape index (κ1) is 9.23. The molecule has 0 N–H and O–H groups in total. The second-order valence-electron chi connectivity index (χ2n) is 3.33. The minimum Gasteiger partial charge on any atom is -0.455 e. The fourth-order valence-corrected chi connectivity index (χ4v) is 1.53. The largest absolute Gasteiger partial charge is 0.455 e. The van der Waals surface area contributed by atoms with Crippen LogP contribution in [0.4, 0.5) is 0 Å². The van der Waals surface area contributed by atoms with Gasteiger partial charge in [0.05, 0.1) is 0 Å². The molecule has 1 aliphatic rings. The molecule has 1 fully saturated rings. The van der Waals surface area contributed by atoms with E-state index in [-0.39, 0.29) is 17.7 Å². The van der Waals surface area contributed by atoms with Gasteiger partial charge >= 0.3 is 5.97 Å². The average Bonchev–Trinajstić information content (AvgIpc) is 1.98. The molecular formula is C9H14O3. The minimum absolute atomic E-state index is 0.0584. The van der Waals surface area contributed by atoms with Crippen LogP contribution in [0.25, 0.3) is 0 Å². The molecule has 0 bridgehead atoms. The van der Waals surface area contributed by atoms with Crippen LogP contribution >= 0.6 is 0 Å². The molecule has 0 aromatic heterocycles. The Morgan fingerprint density at radius 1 is 1.50 bits per heavy atom. The van der Waals surface area contributed by atoms with Gasteiger partial charge in [0.25, 0.3) is 0 Å². The predicted molar refractivity (Wildman–Crippen MR) is 43.6 cm³/mol. The normalized spacial score (nSPS) is 30.0. The molecule has 3 nitrogen and oxygen atoms in total. The maximum absolute atomic E-state index is 11.4. The number of Topliss-reactive ketones (excluding diaryl/α,β-unsaturated/α-hetero) is 1. The van der Waals surface area contributed by atoms with Crippen LogP contribution in [-0.4, -0.2) is 17.9 Å². The summed E-state index contributed by atoms with van der Waals surface area (Å²) in [6.45, 7) is 3.23. The van der Waals surface area contributed by atoms with Crippen molar-refractivity contribution in [2.24, 2.45) is 5.92 Å². The third-order valence-corrected chi connectivity index (χ3v) is 2.21. The topological polar surface area (TPSA) is 43.4 Å². The SMILES string of the molecule is CC(=O)O[C@H]1CCC[C@H](C)C1=O. The highest BCUT2D eigenvalue weighted by atomic mass is 16.5. The highest BCUT2D eigenvalue weighted by molar-refractivity contribution is 5.87. The molecule has 12 heavy (non-hydrogen) atoms. The van der Waals surface area contributed by atoms with E-state index in [9.17, 15) is 9.59 Å². The van der Waals surface area contributed by atoms with Crippen molar-refractivity contribution in [3.63, 3.8) is 0 Å². The summed E-state index contributed by atoms with van der Waals surface area (Å²) in [5.41, 5.74) is 0. The van der Waals surface area contributed by atoms with E-state index >= 15 is 0 Å². The van der Waals surface area contributed by atoms with Gasteiger partial charge in [-0.2, -0.15) is 0 Å². The molecule has 0 aromatic carbocycles. The first-order valence-electron chi connectivity index (χ1n) is 4.32. The second kappa shape index (κ2) is 3.70. The Morgan fingerprint density at radius 2 is 2.17 bits per heavy atom. The Balaban J connectivity index is 2.52. The molecule has 0 aliphatic heterocycles. The van der Waals surface area contributed by atoms with Crippen molar-refractivity contribution < 1.29 is 14.3 Å². The van der Waals surface area contributed by atoms with E-state index in [0.717, 1.165) is 12.8 Å². The molecular weight excluding hydrogens is 156 g/mol. The van der Waals surface area contributed by atoms with E-state index in [1.54, 1.807) is 0 Å². The number of ketones is 1. The first-order valence-corrected chi connectivity index (χ1v) is 4.32. The molecule has 1 saturated carbocycles. The summed E-state index contributed by atoms with van der Waals surface area (Å²) in [4.78, 5) is 22.0. The highest BCUT2D eigenvalue weighted by Crippen LogP contribution is 2.22. The minimum atomic E-state index is -0.466. The summed E-state index contributed by atoms with van der Waals surface area (Å²) in [5, 5.41) is 0. The number of carbonyl (C=O) groups is 2. The molecule has 0 heterocycles. The second-order valence-corrected chi connectivity index (χ2v) is 3.33. The molecule has 68 valence electrons. The molecule has 1 rings (SSSR count). The van der Waals surface area contributed by atoms with Gasteiger partial charge in [-0.3, -0.25) is 9.59 Å². The Hall–Kier alpha value is -0.860. The van der Waals surface area contributed by atoms with Gasteiger partial charge in [-0.15, -0.1) is 0 Å². The van der Waals surface area contributed by atoms with E-state index in [0.29, 0.717) is 6.42 Å². The maximum atomic E-state index is 11.4. The summed E-state index contributed by atoms with van der Waals surface area (Å²) >= 11 is 0. The maximum Gasteiger partial charge on any atom is 0.303 e. The molecule has 0 unspecified atom stereocenters. The zero-order chi connectivity index (χ0) is 9.14. The van der Waals surface area contributed by atoms with Crippen LogP contribution in [-0.2, 0) is 14.3 Å². The van der Waals surface area contributed by atoms with Crippen LogP contribution in [0.5, 0.6) is 0 Å². The van der Waals surface area contributed by atoms with Gasteiger partial charge < -0.3 is 4.74 Å². The number of ether oxygens (including phenoxy) is 1. The molecule has 1 aliphatic carbocycles. The van der Waals surface area contributed by atoms with Crippen molar-refractivity contribution in [3.05, 3.63) is 0 Å². The average molecular weight is 170 g/mol. The summed E-state index contributed by atoms with van der Waals surface area (Å²) < 4.78 is 4.89. The summed E-state index contributed by atoms with van der Waals surface area (Å²) in [6, 6.07) is 0. The molecule has 0 saturated heterocycles. The van der Waals surface area contributed by atoms with Gasteiger partial charge in [0, 0.05) is 12.8 Å². The number of esters is 1. The Bertz CT molecular complexity index is 198. The van der Waals surface area contributed by atoms with Crippen molar-refractivity contribution in [1.82, 2.24) is 0 Å². The highest BCUT2D eigenvalue weighted by Gasteiger charge is 2.30. The molecule has 0 radical (unpaired) electrons. The Morgan fingerprint density at radius 3 is 2.75 bits per heavy atom. The first-order chi connectivity index (χ1) is 5.61. The third kappa shape index (κ3) is 2.06. The molecule has 0 amide bonds. The lowest BCUT2D eigenvalue weighted by Gasteiger charge is -2.24. The van der Waals surface area contributed by atoms with Gasteiger partial charge in [-0.05, 0) is 19.3 Å². The third-order valence-electron chi connectivity index (χ3n) is 2.21. The molecule has 3 heteroatoms. The van der Waals surface area contributed by atoms with E-state index in [1.807, 2.05) is 6.92 Å². The van der Waals surface area contributed by atoms with Crippen LogP contribution in [0, 0.1) is 5.92 Å². The van der Waals surface area contributed by atoms with Crippen LogP contribution in [0.3, 0.4) is 0 Å². The van der Waals surface area contributed by atoms with Crippen LogP contribution in [0.1, 0.15) is 33.1 Å². The lowest BCUT2D eigenvalue weighted by Crippen LogP contribution is -2.34. The lowest BCUT2D eigenvalue weighted by atomic mass is 9.87.